The zero-order valence-corrected chi connectivity index (χ0v) is 18.5. The number of benzene rings is 1. The van der Waals surface area contributed by atoms with Crippen LogP contribution in [0.15, 0.2) is 30.4 Å². The van der Waals surface area contributed by atoms with E-state index in [9.17, 15) is 14.7 Å². The standard InChI is InChI=1S/C21H26Cl3NO4/c1-13(26)25(16-9-14(22)8-15(23)10-16)12-18-17(19(24)11-20(18)27)6-4-2-3-5-7-21(28)29/h2,4,8-10,17-20,27H,3,5-7,11-12H2,1H3,(H,28,29)/b4-2-/t17-,18-,19-,20-/m1/s1. The van der Waals surface area contributed by atoms with E-state index in [1.54, 1.807) is 23.1 Å². The fraction of sp³-hybridized carbons (Fsp3) is 0.524. The molecule has 5 nitrogen and oxygen atoms in total. The smallest absolute Gasteiger partial charge is 0.303 e. The summed E-state index contributed by atoms with van der Waals surface area (Å²) in [7, 11) is 0. The maximum absolute atomic E-state index is 12.3. The second-order valence-corrected chi connectivity index (χ2v) is 8.83. The molecule has 1 fully saturated rings. The van der Waals surface area contributed by atoms with Gasteiger partial charge in [0.2, 0.25) is 5.91 Å². The molecule has 2 N–H and O–H groups in total. The molecule has 29 heavy (non-hydrogen) atoms. The fourth-order valence-corrected chi connectivity index (χ4v) is 4.76. The van der Waals surface area contributed by atoms with Gasteiger partial charge in [-0.3, -0.25) is 9.59 Å². The Kier molecular flexibility index (Phi) is 9.28. The molecule has 0 radical (unpaired) electrons. The average molecular weight is 463 g/mol. The molecule has 0 unspecified atom stereocenters. The van der Waals surface area contributed by atoms with Crippen LogP contribution in [0.2, 0.25) is 10.0 Å². The lowest BCUT2D eigenvalue weighted by molar-refractivity contribution is -0.137. The van der Waals surface area contributed by atoms with Crippen LogP contribution in [0, 0.1) is 11.8 Å². The minimum atomic E-state index is -0.802. The summed E-state index contributed by atoms with van der Waals surface area (Å²) in [5.41, 5.74) is 0.586. The number of aliphatic hydroxyl groups excluding tert-OH is 1. The second kappa shape index (κ2) is 11.2. The van der Waals surface area contributed by atoms with Crippen molar-refractivity contribution in [2.75, 3.05) is 11.4 Å². The molecule has 0 aromatic heterocycles. The summed E-state index contributed by atoms with van der Waals surface area (Å²) in [6.45, 7) is 1.78. The third kappa shape index (κ3) is 7.18. The van der Waals surface area contributed by atoms with Crippen LogP contribution in [0.1, 0.15) is 39.0 Å². The van der Waals surface area contributed by atoms with Crippen molar-refractivity contribution in [2.45, 2.75) is 50.5 Å². The van der Waals surface area contributed by atoms with Crippen LogP contribution in [0.4, 0.5) is 5.69 Å². The van der Waals surface area contributed by atoms with Gasteiger partial charge in [-0.1, -0.05) is 35.4 Å². The molecule has 0 spiro atoms. The van der Waals surface area contributed by atoms with E-state index in [1.807, 2.05) is 12.2 Å². The number of alkyl halides is 1. The molecule has 1 amide bonds. The maximum Gasteiger partial charge on any atom is 0.303 e. The van der Waals surface area contributed by atoms with Crippen molar-refractivity contribution in [3.63, 3.8) is 0 Å². The summed E-state index contributed by atoms with van der Waals surface area (Å²) in [5.74, 6) is -1.16. The molecule has 0 saturated heterocycles. The van der Waals surface area contributed by atoms with E-state index < -0.39 is 12.1 Å². The summed E-state index contributed by atoms with van der Waals surface area (Å²) in [6.07, 6.45) is 5.86. The molecule has 1 saturated carbocycles. The number of carboxylic acids is 1. The number of carboxylic acid groups (broad SMARTS) is 1. The van der Waals surface area contributed by atoms with Crippen molar-refractivity contribution in [3.8, 4) is 0 Å². The number of allylic oxidation sites excluding steroid dienone is 2. The van der Waals surface area contributed by atoms with Gasteiger partial charge in [0.1, 0.15) is 0 Å². The summed E-state index contributed by atoms with van der Waals surface area (Å²) in [6, 6.07) is 4.94. The fourth-order valence-electron chi connectivity index (χ4n) is 3.78. The van der Waals surface area contributed by atoms with Crippen LogP contribution in [-0.4, -0.2) is 40.1 Å². The lowest BCUT2D eigenvalue weighted by Gasteiger charge is -2.30. The SMILES string of the molecule is CC(=O)N(C[C@@H]1[C@@H](C/C=C\CCCC(=O)O)[C@H](Cl)C[C@H]1O)c1cc(Cl)cc(Cl)c1. The molecular formula is C21H26Cl3NO4. The molecule has 1 aromatic rings. The predicted molar refractivity (Wildman–Crippen MR) is 117 cm³/mol. The third-order valence-corrected chi connectivity index (χ3v) is 6.18. The first-order valence-corrected chi connectivity index (χ1v) is 10.8. The lowest BCUT2D eigenvalue weighted by Crippen LogP contribution is -2.38. The highest BCUT2D eigenvalue weighted by Gasteiger charge is 2.42. The van der Waals surface area contributed by atoms with E-state index in [1.165, 1.54) is 6.92 Å². The Labute approximate surface area is 186 Å². The first-order valence-electron chi connectivity index (χ1n) is 9.62. The molecule has 1 aliphatic carbocycles. The van der Waals surface area contributed by atoms with Crippen molar-refractivity contribution in [3.05, 3.63) is 40.4 Å². The number of halogens is 3. The predicted octanol–water partition coefficient (Wildman–Crippen LogP) is 5.15. The Balaban J connectivity index is 2.08. The van der Waals surface area contributed by atoms with Crippen LogP contribution in [0.3, 0.4) is 0 Å². The van der Waals surface area contributed by atoms with Crippen molar-refractivity contribution < 1.29 is 19.8 Å². The largest absolute Gasteiger partial charge is 0.481 e. The Morgan fingerprint density at radius 3 is 2.41 bits per heavy atom. The summed E-state index contributed by atoms with van der Waals surface area (Å²) in [4.78, 5) is 24.4. The Hall–Kier alpha value is -1.27. The highest BCUT2D eigenvalue weighted by molar-refractivity contribution is 6.35. The summed E-state index contributed by atoms with van der Waals surface area (Å²) >= 11 is 18.7. The van der Waals surface area contributed by atoms with E-state index in [2.05, 4.69) is 0 Å². The van der Waals surface area contributed by atoms with Crippen LogP contribution >= 0.6 is 34.8 Å². The number of carbonyl (C=O) groups is 2. The van der Waals surface area contributed by atoms with Gasteiger partial charge in [-0.25, -0.2) is 0 Å². The van der Waals surface area contributed by atoms with Crippen molar-refractivity contribution in [1.82, 2.24) is 0 Å². The van der Waals surface area contributed by atoms with Gasteiger partial charge in [0.25, 0.3) is 0 Å². The van der Waals surface area contributed by atoms with Crippen LogP contribution < -0.4 is 4.90 Å². The van der Waals surface area contributed by atoms with E-state index >= 15 is 0 Å². The van der Waals surface area contributed by atoms with E-state index in [0.29, 0.717) is 48.0 Å². The van der Waals surface area contributed by atoms with Gasteiger partial charge in [0.15, 0.2) is 0 Å². The molecule has 0 aliphatic heterocycles. The molecule has 8 heteroatoms. The van der Waals surface area contributed by atoms with E-state index in [0.717, 1.165) is 0 Å². The minimum Gasteiger partial charge on any atom is -0.481 e. The van der Waals surface area contributed by atoms with Gasteiger partial charge in [-0.2, -0.15) is 0 Å². The molecule has 160 valence electrons. The first kappa shape index (κ1) is 24.0. The minimum absolute atomic E-state index is 0.00102. The average Bonchev–Trinajstić information content (AvgIpc) is 2.87. The third-order valence-electron chi connectivity index (χ3n) is 5.24. The first-order chi connectivity index (χ1) is 13.7. The molecule has 2 rings (SSSR count). The van der Waals surface area contributed by atoms with Gasteiger partial charge in [-0.15, -0.1) is 11.6 Å². The highest BCUT2D eigenvalue weighted by Crippen LogP contribution is 2.40. The molecule has 0 bridgehead atoms. The van der Waals surface area contributed by atoms with E-state index in [4.69, 9.17) is 39.9 Å². The Bertz CT molecular complexity index is 735. The van der Waals surface area contributed by atoms with Crippen molar-refractivity contribution in [2.24, 2.45) is 11.8 Å². The quantitative estimate of drug-likeness (QED) is 0.302. The van der Waals surface area contributed by atoms with Crippen LogP contribution in [-0.2, 0) is 9.59 Å². The zero-order valence-electron chi connectivity index (χ0n) is 16.2. The number of amides is 1. The number of aliphatic carboxylic acids is 1. The number of rotatable bonds is 9. The maximum atomic E-state index is 12.3. The number of carbonyl (C=O) groups excluding carboxylic acids is 1. The number of hydrogen-bond acceptors (Lipinski definition) is 3. The monoisotopic (exact) mass is 461 g/mol. The molecule has 1 aromatic carbocycles. The van der Waals surface area contributed by atoms with Crippen LogP contribution in [0.5, 0.6) is 0 Å². The number of anilines is 1. The van der Waals surface area contributed by atoms with Gasteiger partial charge in [-0.05, 0) is 49.8 Å². The summed E-state index contributed by atoms with van der Waals surface area (Å²) < 4.78 is 0. The second-order valence-electron chi connectivity index (χ2n) is 7.40. The zero-order chi connectivity index (χ0) is 21.6. The number of aliphatic hydroxyl groups is 1. The van der Waals surface area contributed by atoms with Crippen molar-refractivity contribution in [1.29, 1.82) is 0 Å². The summed E-state index contributed by atoms with van der Waals surface area (Å²) in [5, 5.41) is 19.9. The van der Waals surface area contributed by atoms with Gasteiger partial charge in [0.05, 0.1) is 6.10 Å². The molecule has 4 atom stereocenters. The number of nitrogens with zero attached hydrogens (tertiary/aromatic N) is 1. The van der Waals surface area contributed by atoms with Gasteiger partial charge in [0, 0.05) is 46.9 Å². The number of hydrogen-bond donors (Lipinski definition) is 2. The van der Waals surface area contributed by atoms with Crippen LogP contribution in [0.25, 0.3) is 0 Å². The van der Waals surface area contributed by atoms with Gasteiger partial charge < -0.3 is 15.1 Å². The van der Waals surface area contributed by atoms with E-state index in [-0.39, 0.29) is 29.5 Å². The molecule has 0 heterocycles. The topological polar surface area (TPSA) is 77.8 Å². The molecular weight excluding hydrogens is 437 g/mol. The molecule has 1 aliphatic rings. The lowest BCUT2D eigenvalue weighted by atomic mass is 9.90. The van der Waals surface area contributed by atoms with Crippen molar-refractivity contribution >= 4 is 52.4 Å². The normalized spacial score (nSPS) is 24.2. The number of unbranched alkanes of at least 4 members (excludes halogenated alkanes) is 1. The Morgan fingerprint density at radius 1 is 1.17 bits per heavy atom. The Morgan fingerprint density at radius 2 is 1.83 bits per heavy atom. The highest BCUT2D eigenvalue weighted by atomic mass is 35.5. The van der Waals surface area contributed by atoms with Gasteiger partial charge >= 0.3 is 5.97 Å².